The monoisotopic (exact) mass is 350 g/mol. The van der Waals surface area contributed by atoms with Crippen LogP contribution >= 0.6 is 47.8 Å². The third kappa shape index (κ3) is 7.28. The summed E-state index contributed by atoms with van der Waals surface area (Å²) in [5.74, 6) is -0.280. The van der Waals surface area contributed by atoms with Crippen molar-refractivity contribution in [2.75, 3.05) is 6.61 Å². The molecule has 0 amide bonds. The Morgan fingerprint density at radius 3 is 2.18 bits per heavy atom. The normalized spacial score (nSPS) is 11.8. The van der Waals surface area contributed by atoms with Gasteiger partial charge in [-0.25, -0.2) is 0 Å². The average Bonchev–Trinajstić information content (AvgIpc) is 1.80. The van der Waals surface area contributed by atoms with Crippen molar-refractivity contribution in [3.05, 3.63) is 0 Å². The molecule has 0 aromatic carbocycles. The van der Waals surface area contributed by atoms with Crippen LogP contribution in [-0.4, -0.2) is 14.7 Å². The molecule has 0 unspecified atom stereocenters. The summed E-state index contributed by atoms with van der Waals surface area (Å²) in [5.41, 5.74) is 0. The number of alkyl halides is 3. The van der Waals surface area contributed by atoms with Crippen LogP contribution in [0, 0.1) is 5.92 Å². The Morgan fingerprint density at radius 2 is 1.91 bits per heavy atom. The third-order valence-electron chi connectivity index (χ3n) is 0.849. The van der Waals surface area contributed by atoms with Crippen LogP contribution < -0.4 is 0 Å². The number of esters is 1. The Bertz CT molecular complexity index is 139. The second kappa shape index (κ2) is 4.82. The van der Waals surface area contributed by atoms with Crippen molar-refractivity contribution in [2.24, 2.45) is 5.92 Å². The Kier molecular flexibility index (Phi) is 5.22. The molecule has 66 valence electrons. The number of carbonyl (C=O) groups is 1. The van der Waals surface area contributed by atoms with E-state index in [4.69, 9.17) is 4.74 Å². The van der Waals surface area contributed by atoms with Gasteiger partial charge in [0.15, 0.2) is 2.14 Å². The molecule has 0 aromatic rings. The highest BCUT2D eigenvalue weighted by atomic mass is 80.0. The van der Waals surface area contributed by atoms with Gasteiger partial charge in [0, 0.05) is 0 Å². The zero-order valence-electron chi connectivity index (χ0n) is 6.23. The Hall–Kier alpha value is 0.910. The van der Waals surface area contributed by atoms with E-state index >= 15 is 0 Å². The van der Waals surface area contributed by atoms with Gasteiger partial charge in [0.25, 0.3) is 0 Å². The van der Waals surface area contributed by atoms with Crippen LogP contribution in [0.15, 0.2) is 0 Å². The summed E-state index contributed by atoms with van der Waals surface area (Å²) in [7, 11) is 0. The maximum atomic E-state index is 10.9. The molecule has 0 aromatic heterocycles. The van der Waals surface area contributed by atoms with Crippen LogP contribution in [0.5, 0.6) is 0 Å². The Morgan fingerprint density at radius 1 is 1.45 bits per heavy atom. The molecule has 0 radical (unpaired) electrons. The van der Waals surface area contributed by atoms with E-state index in [-0.39, 0.29) is 18.5 Å². The van der Waals surface area contributed by atoms with Gasteiger partial charge in [0.1, 0.15) is 6.61 Å². The number of rotatable bonds is 2. The lowest BCUT2D eigenvalue weighted by molar-refractivity contribution is -0.146. The molecule has 0 aliphatic heterocycles. The smallest absolute Gasteiger partial charge is 0.308 e. The minimum atomic E-state index is -0.489. The predicted octanol–water partition coefficient (Wildman–Crippen LogP) is 3.02. The van der Waals surface area contributed by atoms with Gasteiger partial charge in [-0.3, -0.25) is 4.79 Å². The van der Waals surface area contributed by atoms with Gasteiger partial charge in [0.05, 0.1) is 5.92 Å². The Labute approximate surface area is 91.4 Å². The highest BCUT2D eigenvalue weighted by Gasteiger charge is 2.21. The molecule has 0 aliphatic carbocycles. The fourth-order valence-electron chi connectivity index (χ4n) is 0.320. The number of carbonyl (C=O) groups excluding carboxylic acids is 1. The number of halogens is 3. The molecule has 0 saturated carbocycles. The van der Waals surface area contributed by atoms with Gasteiger partial charge in [-0.15, -0.1) is 0 Å². The van der Waals surface area contributed by atoms with Crippen molar-refractivity contribution in [1.29, 1.82) is 0 Å². The maximum absolute atomic E-state index is 10.9. The van der Waals surface area contributed by atoms with Gasteiger partial charge < -0.3 is 4.74 Å². The highest BCUT2D eigenvalue weighted by Crippen LogP contribution is 2.33. The fraction of sp³-hybridized carbons (Fsp3) is 0.833. The molecule has 0 heterocycles. The number of ether oxygens (including phenoxy) is 1. The summed E-state index contributed by atoms with van der Waals surface area (Å²) in [5, 5.41) is 0. The fourth-order valence-corrected chi connectivity index (χ4v) is 0.663. The molecule has 11 heavy (non-hydrogen) atoms. The molecule has 0 fully saturated rings. The van der Waals surface area contributed by atoms with Crippen LogP contribution in [-0.2, 0) is 9.53 Å². The van der Waals surface area contributed by atoms with Crippen LogP contribution in [0.4, 0.5) is 0 Å². The summed E-state index contributed by atoms with van der Waals surface area (Å²) in [6.45, 7) is 3.84. The second-order valence-electron chi connectivity index (χ2n) is 2.38. The van der Waals surface area contributed by atoms with Crippen molar-refractivity contribution >= 4 is 53.8 Å². The van der Waals surface area contributed by atoms with Crippen LogP contribution in [0.1, 0.15) is 13.8 Å². The standard InChI is InChI=1S/C6H9Br3O2/c1-4(2)5(10)11-3-6(7,8)9/h4H,3H2,1-2H3. The first-order chi connectivity index (χ1) is 4.83. The van der Waals surface area contributed by atoms with Gasteiger partial charge in [0.2, 0.25) is 0 Å². The van der Waals surface area contributed by atoms with E-state index in [9.17, 15) is 4.79 Å². The van der Waals surface area contributed by atoms with E-state index < -0.39 is 2.14 Å². The summed E-state index contributed by atoms with van der Waals surface area (Å²) in [6.07, 6.45) is 0. The first-order valence-corrected chi connectivity index (χ1v) is 5.44. The van der Waals surface area contributed by atoms with E-state index in [0.29, 0.717) is 0 Å². The van der Waals surface area contributed by atoms with Gasteiger partial charge in [-0.1, -0.05) is 61.6 Å². The molecule has 0 saturated heterocycles. The molecule has 0 spiro atoms. The van der Waals surface area contributed by atoms with Crippen molar-refractivity contribution in [1.82, 2.24) is 0 Å². The molecule has 0 rings (SSSR count). The molecule has 0 atom stereocenters. The molecular weight excluding hydrogens is 344 g/mol. The quantitative estimate of drug-likeness (QED) is 0.564. The predicted molar refractivity (Wildman–Crippen MR) is 55.3 cm³/mol. The maximum Gasteiger partial charge on any atom is 0.308 e. The first-order valence-electron chi connectivity index (χ1n) is 3.06. The summed E-state index contributed by atoms with van der Waals surface area (Å²) < 4.78 is 4.40. The molecule has 0 aliphatic rings. The van der Waals surface area contributed by atoms with E-state index in [0.717, 1.165) is 0 Å². The molecule has 2 nitrogen and oxygen atoms in total. The number of hydrogen-bond donors (Lipinski definition) is 0. The van der Waals surface area contributed by atoms with Crippen LogP contribution in [0.2, 0.25) is 0 Å². The average molecular weight is 353 g/mol. The van der Waals surface area contributed by atoms with Gasteiger partial charge in [-0.2, -0.15) is 0 Å². The van der Waals surface area contributed by atoms with Crippen molar-refractivity contribution < 1.29 is 9.53 Å². The lowest BCUT2D eigenvalue weighted by Crippen LogP contribution is -2.19. The van der Waals surface area contributed by atoms with E-state index in [1.165, 1.54) is 0 Å². The van der Waals surface area contributed by atoms with Gasteiger partial charge in [-0.05, 0) is 0 Å². The summed E-state index contributed by atoms with van der Waals surface area (Å²) in [6, 6.07) is 0. The topological polar surface area (TPSA) is 26.3 Å². The van der Waals surface area contributed by atoms with Crippen molar-refractivity contribution in [3.63, 3.8) is 0 Å². The first kappa shape index (κ1) is 11.9. The van der Waals surface area contributed by atoms with Crippen LogP contribution in [0.3, 0.4) is 0 Å². The molecule has 5 heteroatoms. The zero-order valence-corrected chi connectivity index (χ0v) is 11.0. The van der Waals surface area contributed by atoms with Crippen LogP contribution in [0.25, 0.3) is 0 Å². The molecular formula is C6H9Br3O2. The van der Waals surface area contributed by atoms with Crippen molar-refractivity contribution in [2.45, 2.75) is 16.0 Å². The van der Waals surface area contributed by atoms with E-state index in [1.807, 2.05) is 0 Å². The third-order valence-corrected chi connectivity index (χ3v) is 1.54. The lowest BCUT2D eigenvalue weighted by Gasteiger charge is -2.13. The van der Waals surface area contributed by atoms with E-state index in [1.54, 1.807) is 13.8 Å². The SMILES string of the molecule is CC(C)C(=O)OCC(Br)(Br)Br. The minimum absolute atomic E-state index is 0.0788. The highest BCUT2D eigenvalue weighted by molar-refractivity contribution is 9.39. The molecule has 0 bridgehead atoms. The Balaban J connectivity index is 3.64. The van der Waals surface area contributed by atoms with Crippen molar-refractivity contribution in [3.8, 4) is 0 Å². The van der Waals surface area contributed by atoms with E-state index in [2.05, 4.69) is 47.8 Å². The lowest BCUT2D eigenvalue weighted by atomic mass is 10.2. The second-order valence-corrected chi connectivity index (χ2v) is 9.63. The summed E-state index contributed by atoms with van der Waals surface area (Å²) >= 11 is 9.64. The van der Waals surface area contributed by atoms with Gasteiger partial charge >= 0.3 is 5.97 Å². The minimum Gasteiger partial charge on any atom is -0.462 e. The summed E-state index contributed by atoms with van der Waals surface area (Å²) in [4.78, 5) is 10.9. The number of hydrogen-bond acceptors (Lipinski definition) is 2. The molecule has 0 N–H and O–H groups in total. The largest absolute Gasteiger partial charge is 0.462 e. The zero-order chi connectivity index (χ0) is 9.07.